The number of piperidine rings is 2. The normalized spacial score (nSPS) is 21.5. The molecule has 2 saturated heterocycles. The SMILES string of the molecule is CCOC(=O)c1cnc(N2CC3CC(CN(c4cc(C(F)(F)F)ccn4)C3)C2)nc1. The number of alkyl halides is 3. The molecular weight excluding hydrogens is 399 g/mol. The molecule has 30 heavy (non-hydrogen) atoms. The summed E-state index contributed by atoms with van der Waals surface area (Å²) in [5.41, 5.74) is -0.375. The molecule has 4 rings (SSSR count). The fraction of sp³-hybridized carbons (Fsp3) is 0.500. The van der Waals surface area contributed by atoms with Gasteiger partial charge in [-0.3, -0.25) is 0 Å². The Balaban J connectivity index is 1.44. The molecule has 2 aliphatic rings. The van der Waals surface area contributed by atoms with Crippen molar-refractivity contribution in [3.63, 3.8) is 0 Å². The van der Waals surface area contributed by atoms with Gasteiger partial charge in [-0.05, 0) is 37.3 Å². The van der Waals surface area contributed by atoms with Crippen LogP contribution in [0.3, 0.4) is 0 Å². The van der Waals surface area contributed by atoms with E-state index in [2.05, 4.69) is 19.9 Å². The summed E-state index contributed by atoms with van der Waals surface area (Å²) >= 11 is 0. The van der Waals surface area contributed by atoms with Gasteiger partial charge < -0.3 is 14.5 Å². The van der Waals surface area contributed by atoms with Crippen molar-refractivity contribution < 1.29 is 22.7 Å². The molecule has 0 N–H and O–H groups in total. The van der Waals surface area contributed by atoms with Crippen molar-refractivity contribution in [1.29, 1.82) is 0 Å². The van der Waals surface area contributed by atoms with Gasteiger partial charge in [0.05, 0.1) is 17.7 Å². The van der Waals surface area contributed by atoms with Crippen molar-refractivity contribution in [1.82, 2.24) is 15.0 Å². The van der Waals surface area contributed by atoms with Crippen LogP contribution in [-0.4, -0.2) is 53.7 Å². The van der Waals surface area contributed by atoms with Crippen LogP contribution in [0.25, 0.3) is 0 Å². The second kappa shape index (κ2) is 8.08. The molecule has 0 aromatic carbocycles. The van der Waals surface area contributed by atoms with Gasteiger partial charge in [0, 0.05) is 44.8 Å². The van der Waals surface area contributed by atoms with Gasteiger partial charge in [0.15, 0.2) is 0 Å². The van der Waals surface area contributed by atoms with Crippen molar-refractivity contribution in [2.24, 2.45) is 11.8 Å². The Morgan fingerprint density at radius 3 is 2.33 bits per heavy atom. The lowest BCUT2D eigenvalue weighted by Crippen LogP contribution is -2.53. The van der Waals surface area contributed by atoms with Gasteiger partial charge in [-0.25, -0.2) is 19.7 Å². The maximum absolute atomic E-state index is 13.0. The average molecular weight is 421 g/mol. The summed E-state index contributed by atoms with van der Waals surface area (Å²) in [4.78, 5) is 28.6. The van der Waals surface area contributed by atoms with Crippen LogP contribution < -0.4 is 9.80 Å². The van der Waals surface area contributed by atoms with Gasteiger partial charge in [0.1, 0.15) is 5.82 Å². The van der Waals surface area contributed by atoms with E-state index >= 15 is 0 Å². The highest BCUT2D eigenvalue weighted by molar-refractivity contribution is 5.88. The Bertz CT molecular complexity index is 892. The van der Waals surface area contributed by atoms with Gasteiger partial charge in [0.25, 0.3) is 0 Å². The molecule has 2 aliphatic heterocycles. The molecule has 2 aromatic rings. The van der Waals surface area contributed by atoms with Crippen molar-refractivity contribution >= 4 is 17.7 Å². The second-order valence-electron chi connectivity index (χ2n) is 7.67. The molecule has 2 aromatic heterocycles. The third-order valence-electron chi connectivity index (χ3n) is 5.41. The number of hydrogen-bond donors (Lipinski definition) is 0. The maximum Gasteiger partial charge on any atom is 0.416 e. The topological polar surface area (TPSA) is 71.5 Å². The Kier molecular flexibility index (Phi) is 5.48. The second-order valence-corrected chi connectivity index (χ2v) is 7.67. The molecule has 0 radical (unpaired) electrons. The van der Waals surface area contributed by atoms with Crippen molar-refractivity contribution in [2.75, 3.05) is 42.6 Å². The minimum absolute atomic E-state index is 0.266. The van der Waals surface area contributed by atoms with Crippen LogP contribution in [-0.2, 0) is 10.9 Å². The minimum Gasteiger partial charge on any atom is -0.462 e. The molecule has 2 fully saturated rings. The monoisotopic (exact) mass is 421 g/mol. The van der Waals surface area contributed by atoms with E-state index in [4.69, 9.17) is 4.74 Å². The number of nitrogens with zero attached hydrogens (tertiary/aromatic N) is 5. The summed E-state index contributed by atoms with van der Waals surface area (Å²) in [5.74, 6) is 0.986. The Hall–Kier alpha value is -2.91. The van der Waals surface area contributed by atoms with E-state index in [1.165, 1.54) is 18.6 Å². The molecule has 0 saturated carbocycles. The summed E-state index contributed by atoms with van der Waals surface area (Å²) < 4.78 is 44.0. The van der Waals surface area contributed by atoms with Crippen LogP contribution in [0.15, 0.2) is 30.7 Å². The fourth-order valence-corrected chi connectivity index (χ4v) is 4.20. The number of ether oxygens (including phenoxy) is 1. The minimum atomic E-state index is -4.38. The number of carbonyl (C=O) groups is 1. The number of carbonyl (C=O) groups excluding carboxylic acids is 1. The molecule has 0 spiro atoms. The molecular formula is C20H22F3N5O2. The summed E-state index contributed by atoms with van der Waals surface area (Å²) in [6, 6.07) is 2.11. The van der Waals surface area contributed by atoms with Crippen LogP contribution in [0.5, 0.6) is 0 Å². The highest BCUT2D eigenvalue weighted by Crippen LogP contribution is 2.35. The zero-order chi connectivity index (χ0) is 21.3. The summed E-state index contributed by atoms with van der Waals surface area (Å²) in [5, 5.41) is 0. The molecule has 2 bridgehead atoms. The van der Waals surface area contributed by atoms with Crippen LogP contribution in [0.2, 0.25) is 0 Å². The lowest BCUT2D eigenvalue weighted by Gasteiger charge is -2.46. The molecule has 0 aliphatic carbocycles. The smallest absolute Gasteiger partial charge is 0.416 e. The zero-order valence-electron chi connectivity index (χ0n) is 16.5. The Labute approximate surface area is 171 Å². The Morgan fingerprint density at radius 2 is 1.73 bits per heavy atom. The van der Waals surface area contributed by atoms with Crippen LogP contribution in [0.4, 0.5) is 24.9 Å². The lowest BCUT2D eigenvalue weighted by molar-refractivity contribution is -0.137. The number of halogens is 3. The third-order valence-corrected chi connectivity index (χ3v) is 5.41. The van der Waals surface area contributed by atoms with Gasteiger partial charge >= 0.3 is 12.1 Å². The highest BCUT2D eigenvalue weighted by atomic mass is 19.4. The van der Waals surface area contributed by atoms with E-state index < -0.39 is 17.7 Å². The molecule has 2 unspecified atom stereocenters. The third kappa shape index (κ3) is 4.31. The predicted octanol–water partition coefficient (Wildman–Crippen LogP) is 3.03. The molecule has 160 valence electrons. The number of esters is 1. The first-order chi connectivity index (χ1) is 14.3. The number of rotatable bonds is 4. The largest absolute Gasteiger partial charge is 0.462 e. The first-order valence-electron chi connectivity index (χ1n) is 9.85. The summed E-state index contributed by atoms with van der Waals surface area (Å²) in [6.45, 7) is 4.67. The standard InChI is InChI=1S/C20H22F3N5O2/c1-2-30-18(29)15-7-25-19(26-8-15)28-11-13-5-14(12-28)10-27(9-13)17-6-16(3-4-24-17)20(21,22)23/h3-4,6-8,13-14H,2,5,9-12H2,1H3. The first-order valence-corrected chi connectivity index (χ1v) is 9.85. The van der Waals surface area contributed by atoms with Crippen molar-refractivity contribution in [3.8, 4) is 0 Å². The lowest BCUT2D eigenvalue weighted by atomic mass is 9.84. The van der Waals surface area contributed by atoms with Crippen LogP contribution >= 0.6 is 0 Å². The van der Waals surface area contributed by atoms with Crippen molar-refractivity contribution in [3.05, 3.63) is 41.9 Å². The van der Waals surface area contributed by atoms with E-state index in [1.54, 1.807) is 6.92 Å². The Morgan fingerprint density at radius 1 is 1.10 bits per heavy atom. The van der Waals surface area contributed by atoms with E-state index in [-0.39, 0.29) is 18.4 Å². The van der Waals surface area contributed by atoms with E-state index in [0.717, 1.165) is 18.6 Å². The number of fused-ring (bicyclic) bond motifs is 2. The first kappa shape index (κ1) is 20.4. The molecule has 2 atom stereocenters. The fourth-order valence-electron chi connectivity index (χ4n) is 4.20. The van der Waals surface area contributed by atoms with Gasteiger partial charge in [0.2, 0.25) is 5.95 Å². The quantitative estimate of drug-likeness (QED) is 0.703. The van der Waals surface area contributed by atoms with Gasteiger partial charge in [-0.1, -0.05) is 0 Å². The molecule has 0 amide bonds. The maximum atomic E-state index is 13.0. The van der Waals surface area contributed by atoms with E-state index in [9.17, 15) is 18.0 Å². The number of aromatic nitrogens is 3. The number of hydrogen-bond acceptors (Lipinski definition) is 7. The van der Waals surface area contributed by atoms with E-state index in [1.807, 2.05) is 4.90 Å². The van der Waals surface area contributed by atoms with Crippen molar-refractivity contribution in [2.45, 2.75) is 19.5 Å². The van der Waals surface area contributed by atoms with E-state index in [0.29, 0.717) is 43.5 Å². The zero-order valence-corrected chi connectivity index (χ0v) is 16.5. The number of anilines is 2. The average Bonchev–Trinajstić information content (AvgIpc) is 2.73. The predicted molar refractivity (Wildman–Crippen MR) is 103 cm³/mol. The summed E-state index contributed by atoms with van der Waals surface area (Å²) in [7, 11) is 0. The summed E-state index contributed by atoms with van der Waals surface area (Å²) in [6.07, 6.45) is 0.765. The van der Waals surface area contributed by atoms with Crippen LogP contribution in [0, 0.1) is 11.8 Å². The van der Waals surface area contributed by atoms with Gasteiger partial charge in [-0.2, -0.15) is 13.2 Å². The van der Waals surface area contributed by atoms with Crippen LogP contribution in [0.1, 0.15) is 29.3 Å². The molecule has 7 nitrogen and oxygen atoms in total. The number of pyridine rings is 1. The van der Waals surface area contributed by atoms with Gasteiger partial charge in [-0.15, -0.1) is 0 Å². The molecule has 10 heteroatoms. The molecule has 4 heterocycles. The highest BCUT2D eigenvalue weighted by Gasteiger charge is 2.37.